The molecule has 0 aliphatic carbocycles. The predicted molar refractivity (Wildman–Crippen MR) is 130 cm³/mol. The summed E-state index contributed by atoms with van der Waals surface area (Å²) in [5, 5.41) is 8.55. The first-order valence-corrected chi connectivity index (χ1v) is 12.0. The Morgan fingerprint density at radius 2 is 0.882 bits per heavy atom. The summed E-state index contributed by atoms with van der Waals surface area (Å²) in [4.78, 5) is 2.18. The first-order valence-electron chi connectivity index (χ1n) is 12.0. The number of hydrogen-bond acceptors (Lipinski definition) is 10. The maximum absolute atomic E-state index is 8.55. The van der Waals surface area contributed by atoms with Crippen molar-refractivity contribution in [2.24, 2.45) is 0 Å². The summed E-state index contributed by atoms with van der Waals surface area (Å²) in [5.41, 5.74) is 0. The molecule has 0 aliphatic rings. The van der Waals surface area contributed by atoms with E-state index in [1.54, 1.807) is 6.08 Å². The molecule has 10 nitrogen and oxygen atoms in total. The summed E-state index contributed by atoms with van der Waals surface area (Å²) in [6.07, 6.45) is 5.77. The van der Waals surface area contributed by atoms with Crippen molar-refractivity contribution < 1.29 is 43.0 Å². The molecule has 0 saturated heterocycles. The van der Waals surface area contributed by atoms with Crippen LogP contribution in [0.25, 0.3) is 0 Å². The van der Waals surface area contributed by atoms with Gasteiger partial charge in [-0.25, -0.2) is 0 Å². The Kier molecular flexibility index (Phi) is 29.3. The average Bonchev–Trinajstić information content (AvgIpc) is 2.84. The summed E-state index contributed by atoms with van der Waals surface area (Å²) in [6, 6.07) is 0. The molecule has 0 rings (SSSR count). The van der Waals surface area contributed by atoms with E-state index >= 15 is 0 Å². The smallest absolute Gasteiger partial charge is 0.0701 e. The fraction of sp³-hybridized carbons (Fsp3) is 0.833. The third-order valence-corrected chi connectivity index (χ3v) is 4.15. The normalized spacial score (nSPS) is 11.7. The molecule has 0 radical (unpaired) electrons. The first kappa shape index (κ1) is 33.1. The molecule has 0 spiro atoms. The quantitative estimate of drug-likeness (QED) is 0.119. The Bertz CT molecular complexity index is 427. The van der Waals surface area contributed by atoms with E-state index < -0.39 is 0 Å². The summed E-state index contributed by atoms with van der Waals surface area (Å²) in [6.45, 7) is 13.8. The van der Waals surface area contributed by atoms with Gasteiger partial charge in [0.15, 0.2) is 0 Å². The molecule has 34 heavy (non-hydrogen) atoms. The van der Waals surface area contributed by atoms with Gasteiger partial charge in [0.25, 0.3) is 0 Å². The van der Waals surface area contributed by atoms with Crippen LogP contribution in [0, 0.1) is 0 Å². The number of aliphatic hydroxyl groups is 1. The van der Waals surface area contributed by atoms with E-state index in [9.17, 15) is 0 Å². The minimum Gasteiger partial charge on any atom is -0.394 e. The van der Waals surface area contributed by atoms with Gasteiger partial charge in [-0.05, 0) is 7.05 Å². The van der Waals surface area contributed by atoms with Crippen molar-refractivity contribution >= 4 is 0 Å². The Balaban J connectivity index is 3.08. The van der Waals surface area contributed by atoms with Gasteiger partial charge in [-0.15, -0.1) is 0 Å². The molecule has 0 aliphatic heterocycles. The minimum atomic E-state index is 0.0311. The zero-order chi connectivity index (χ0) is 24.8. The fourth-order valence-corrected chi connectivity index (χ4v) is 2.35. The molecule has 0 atom stereocenters. The fourth-order valence-electron chi connectivity index (χ4n) is 2.35. The van der Waals surface area contributed by atoms with Crippen LogP contribution in [0.5, 0.6) is 0 Å². The van der Waals surface area contributed by atoms with Crippen LogP contribution in [0.1, 0.15) is 0 Å². The highest BCUT2D eigenvalue weighted by atomic mass is 16.6. The van der Waals surface area contributed by atoms with E-state index in [0.29, 0.717) is 106 Å². The Labute approximate surface area is 205 Å². The highest BCUT2D eigenvalue weighted by Gasteiger charge is 1.97. The van der Waals surface area contributed by atoms with Crippen molar-refractivity contribution in [2.75, 3.05) is 132 Å². The van der Waals surface area contributed by atoms with Crippen LogP contribution >= 0.6 is 0 Å². The number of nitrogens with zero attached hydrogens (tertiary/aromatic N) is 1. The van der Waals surface area contributed by atoms with E-state index in [1.807, 2.05) is 6.08 Å². The number of aliphatic hydroxyl groups excluding tert-OH is 1. The summed E-state index contributed by atoms with van der Waals surface area (Å²) < 4.78 is 43.1. The van der Waals surface area contributed by atoms with Crippen molar-refractivity contribution in [3.63, 3.8) is 0 Å². The number of ether oxygens (including phenoxy) is 8. The lowest BCUT2D eigenvalue weighted by molar-refractivity contribution is -0.0240. The maximum Gasteiger partial charge on any atom is 0.0701 e. The zero-order valence-corrected chi connectivity index (χ0v) is 21.0. The molecule has 0 heterocycles. The number of allylic oxidation sites excluding steroid dienone is 2. The molecule has 0 saturated carbocycles. The van der Waals surface area contributed by atoms with Crippen molar-refractivity contribution in [3.05, 3.63) is 24.8 Å². The second kappa shape index (κ2) is 30.1. The van der Waals surface area contributed by atoms with E-state index in [-0.39, 0.29) is 6.61 Å². The van der Waals surface area contributed by atoms with E-state index in [4.69, 9.17) is 43.0 Å². The summed E-state index contributed by atoms with van der Waals surface area (Å²) >= 11 is 0. The highest BCUT2D eigenvalue weighted by Crippen LogP contribution is 1.88. The van der Waals surface area contributed by atoms with Gasteiger partial charge in [-0.2, -0.15) is 0 Å². The largest absolute Gasteiger partial charge is 0.394 e. The monoisotopic (exact) mass is 493 g/mol. The highest BCUT2D eigenvalue weighted by molar-refractivity contribution is 4.98. The van der Waals surface area contributed by atoms with Gasteiger partial charge >= 0.3 is 0 Å². The van der Waals surface area contributed by atoms with Gasteiger partial charge in [0.1, 0.15) is 0 Å². The minimum absolute atomic E-state index is 0.0311. The Hall–Kier alpha value is -0.920. The first-order chi connectivity index (χ1) is 16.8. The van der Waals surface area contributed by atoms with Gasteiger partial charge in [0, 0.05) is 13.1 Å². The lowest BCUT2D eigenvalue weighted by Gasteiger charge is -2.14. The van der Waals surface area contributed by atoms with Crippen LogP contribution in [0.3, 0.4) is 0 Å². The van der Waals surface area contributed by atoms with Crippen LogP contribution in [0.15, 0.2) is 24.8 Å². The molecule has 10 heteroatoms. The Morgan fingerprint density at radius 1 is 0.559 bits per heavy atom. The SMILES string of the molecule is C=C/C=C/CN(C)CCOCCOCCOCCOCCOCCOCCOCCOCCO. The number of hydrogen-bond donors (Lipinski definition) is 1. The third-order valence-electron chi connectivity index (χ3n) is 4.15. The van der Waals surface area contributed by atoms with Crippen LogP contribution in [-0.2, 0) is 37.9 Å². The number of likely N-dealkylation sites (N-methyl/N-ethyl adjacent to an activating group) is 1. The van der Waals surface area contributed by atoms with Crippen LogP contribution in [0.2, 0.25) is 0 Å². The zero-order valence-electron chi connectivity index (χ0n) is 21.0. The third kappa shape index (κ3) is 29.1. The molecule has 0 aromatic heterocycles. The van der Waals surface area contributed by atoms with Crippen LogP contribution in [-0.4, -0.2) is 142 Å². The molecule has 0 aromatic rings. The molecule has 0 fully saturated rings. The van der Waals surface area contributed by atoms with E-state index in [1.165, 1.54) is 0 Å². The molecule has 1 N–H and O–H groups in total. The molecule has 0 bridgehead atoms. The summed E-state index contributed by atoms with van der Waals surface area (Å²) in [7, 11) is 2.05. The summed E-state index contributed by atoms with van der Waals surface area (Å²) in [5.74, 6) is 0. The van der Waals surface area contributed by atoms with Gasteiger partial charge < -0.3 is 47.9 Å². The molecular weight excluding hydrogens is 446 g/mol. The van der Waals surface area contributed by atoms with E-state index in [0.717, 1.165) is 13.1 Å². The topological polar surface area (TPSA) is 97.3 Å². The van der Waals surface area contributed by atoms with Crippen molar-refractivity contribution in [2.45, 2.75) is 0 Å². The van der Waals surface area contributed by atoms with Crippen LogP contribution in [0.4, 0.5) is 0 Å². The van der Waals surface area contributed by atoms with Crippen LogP contribution < -0.4 is 0 Å². The van der Waals surface area contributed by atoms with Crippen molar-refractivity contribution in [1.82, 2.24) is 4.90 Å². The Morgan fingerprint density at radius 3 is 1.21 bits per heavy atom. The lowest BCUT2D eigenvalue weighted by Crippen LogP contribution is -2.24. The molecular formula is C24H47NO9. The van der Waals surface area contributed by atoms with Gasteiger partial charge in [-0.3, -0.25) is 0 Å². The number of rotatable bonds is 29. The molecule has 0 aromatic carbocycles. The second-order valence-electron chi connectivity index (χ2n) is 7.05. The van der Waals surface area contributed by atoms with Crippen molar-refractivity contribution in [3.8, 4) is 0 Å². The second-order valence-corrected chi connectivity index (χ2v) is 7.05. The van der Waals surface area contributed by atoms with E-state index in [2.05, 4.69) is 24.6 Å². The van der Waals surface area contributed by atoms with Crippen molar-refractivity contribution in [1.29, 1.82) is 0 Å². The van der Waals surface area contributed by atoms with Gasteiger partial charge in [0.05, 0.1) is 112 Å². The maximum atomic E-state index is 8.55. The molecule has 0 amide bonds. The van der Waals surface area contributed by atoms with Gasteiger partial charge in [0.2, 0.25) is 0 Å². The van der Waals surface area contributed by atoms with Gasteiger partial charge in [-0.1, -0.05) is 24.8 Å². The lowest BCUT2D eigenvalue weighted by atomic mass is 10.4. The molecule has 202 valence electrons. The molecule has 0 unspecified atom stereocenters. The predicted octanol–water partition coefficient (Wildman–Crippen LogP) is 0.786. The standard InChI is InChI=1S/C24H47NO9/c1-3-4-5-6-25(2)7-9-27-11-13-29-15-17-31-19-21-33-23-24-34-22-20-32-18-16-30-14-12-28-10-8-26/h3-5,26H,1,6-24H2,2H3/b5-4+. The average molecular weight is 494 g/mol.